The van der Waals surface area contributed by atoms with Crippen LogP contribution in [0.15, 0.2) is 11.8 Å². The van der Waals surface area contributed by atoms with Crippen LogP contribution in [-0.2, 0) is 4.79 Å². The number of hydrogen-bond donors (Lipinski definition) is 0. The fourth-order valence-electron chi connectivity index (χ4n) is 2.68. The second-order valence-electron chi connectivity index (χ2n) is 4.75. The van der Waals surface area contributed by atoms with E-state index >= 15 is 0 Å². The number of Topliss-reactive ketones (excluding diaryl/α,β-unsaturated/α-hetero) is 1. The third-order valence-corrected chi connectivity index (χ3v) is 3.90. The lowest BCUT2D eigenvalue weighted by molar-refractivity contribution is -0.125. The molecule has 3 aliphatic heterocycles. The highest BCUT2D eigenvalue weighted by molar-refractivity contribution is 5.98. The van der Waals surface area contributed by atoms with Gasteiger partial charge in [0, 0.05) is 19.0 Å². The largest absolute Gasteiger partial charge is 0.369 e. The quantitative estimate of drug-likeness (QED) is 0.663. The van der Waals surface area contributed by atoms with Gasteiger partial charge in [0.2, 0.25) is 0 Å². The van der Waals surface area contributed by atoms with E-state index in [9.17, 15) is 4.79 Å². The van der Waals surface area contributed by atoms with Gasteiger partial charge in [-0.2, -0.15) is 0 Å². The Morgan fingerprint density at radius 1 is 1.33 bits per heavy atom. The molecule has 0 atom stereocenters. The molecule has 2 bridgehead atoms. The Balaban J connectivity index is 2.17. The van der Waals surface area contributed by atoms with Gasteiger partial charge in [-0.25, -0.2) is 0 Å². The van der Waals surface area contributed by atoms with Gasteiger partial charge < -0.3 is 4.90 Å². The van der Waals surface area contributed by atoms with Gasteiger partial charge in [-0.1, -0.05) is 19.9 Å². The molecule has 2 heteroatoms. The molecule has 84 valence electrons. The van der Waals surface area contributed by atoms with Gasteiger partial charge in [0.15, 0.2) is 5.78 Å². The van der Waals surface area contributed by atoms with Crippen molar-refractivity contribution in [1.29, 1.82) is 0 Å². The average molecular weight is 207 g/mol. The van der Waals surface area contributed by atoms with E-state index < -0.39 is 0 Å². The van der Waals surface area contributed by atoms with E-state index in [4.69, 9.17) is 0 Å². The van der Waals surface area contributed by atoms with Gasteiger partial charge in [-0.05, 0) is 31.6 Å². The number of hydrogen-bond acceptors (Lipinski definition) is 2. The number of fused-ring (bicyclic) bond motifs is 3. The smallest absolute Gasteiger partial charge is 0.181 e. The van der Waals surface area contributed by atoms with Crippen LogP contribution >= 0.6 is 0 Å². The first-order valence-corrected chi connectivity index (χ1v) is 6.27. The first kappa shape index (κ1) is 10.7. The van der Waals surface area contributed by atoms with Crippen molar-refractivity contribution in [2.45, 2.75) is 39.5 Å². The SMILES string of the molecule is CCC(/C=C1\C(=O)C2CCN1CC2)CC. The molecule has 3 fully saturated rings. The summed E-state index contributed by atoms with van der Waals surface area (Å²) in [6.45, 7) is 6.60. The highest BCUT2D eigenvalue weighted by Gasteiger charge is 2.36. The van der Waals surface area contributed by atoms with E-state index in [-0.39, 0.29) is 0 Å². The van der Waals surface area contributed by atoms with Crippen LogP contribution in [0.25, 0.3) is 0 Å². The summed E-state index contributed by atoms with van der Waals surface area (Å²) in [4.78, 5) is 14.3. The van der Waals surface area contributed by atoms with Gasteiger partial charge in [0.25, 0.3) is 0 Å². The van der Waals surface area contributed by atoms with Crippen LogP contribution in [-0.4, -0.2) is 23.8 Å². The predicted octanol–water partition coefficient (Wildman–Crippen LogP) is 2.60. The molecule has 0 saturated carbocycles. The van der Waals surface area contributed by atoms with Crippen molar-refractivity contribution >= 4 is 5.78 Å². The zero-order chi connectivity index (χ0) is 10.8. The molecule has 3 aliphatic rings. The minimum absolute atomic E-state index is 0.343. The van der Waals surface area contributed by atoms with Crippen molar-refractivity contribution in [3.8, 4) is 0 Å². The molecular formula is C13H21NO. The van der Waals surface area contributed by atoms with E-state index in [2.05, 4.69) is 24.8 Å². The lowest BCUT2D eigenvalue weighted by Gasteiger charge is -2.41. The Kier molecular flexibility index (Phi) is 3.13. The van der Waals surface area contributed by atoms with Crippen LogP contribution in [0.4, 0.5) is 0 Å². The summed E-state index contributed by atoms with van der Waals surface area (Å²) in [6.07, 6.45) is 6.68. The average Bonchev–Trinajstić information content (AvgIpc) is 2.30. The summed E-state index contributed by atoms with van der Waals surface area (Å²) < 4.78 is 0. The number of nitrogens with zero attached hydrogens (tertiary/aromatic N) is 1. The maximum absolute atomic E-state index is 12.0. The van der Waals surface area contributed by atoms with Crippen LogP contribution in [0.1, 0.15) is 39.5 Å². The van der Waals surface area contributed by atoms with Crippen molar-refractivity contribution in [2.75, 3.05) is 13.1 Å². The Labute approximate surface area is 92.3 Å². The third kappa shape index (κ3) is 1.95. The number of allylic oxidation sites excluding steroid dienone is 2. The summed E-state index contributed by atoms with van der Waals surface area (Å²) >= 11 is 0. The Morgan fingerprint density at radius 3 is 2.40 bits per heavy atom. The number of piperidine rings is 3. The summed E-state index contributed by atoms with van der Waals surface area (Å²) in [5.74, 6) is 1.35. The van der Waals surface area contributed by atoms with Crippen LogP contribution in [0.5, 0.6) is 0 Å². The lowest BCUT2D eigenvalue weighted by atomic mass is 9.83. The predicted molar refractivity (Wildman–Crippen MR) is 61.5 cm³/mol. The molecule has 0 N–H and O–H groups in total. The van der Waals surface area contributed by atoms with E-state index in [1.807, 2.05) is 0 Å². The molecule has 0 aromatic rings. The maximum atomic E-state index is 12.0. The Hall–Kier alpha value is -0.790. The molecule has 2 nitrogen and oxygen atoms in total. The minimum atomic E-state index is 0.343. The van der Waals surface area contributed by atoms with Crippen LogP contribution < -0.4 is 0 Å². The van der Waals surface area contributed by atoms with Gasteiger partial charge >= 0.3 is 0 Å². The molecule has 0 aliphatic carbocycles. The highest BCUT2D eigenvalue weighted by Crippen LogP contribution is 2.32. The molecule has 0 spiro atoms. The molecule has 0 amide bonds. The summed E-state index contributed by atoms with van der Waals surface area (Å²) in [5, 5.41) is 0. The van der Waals surface area contributed by atoms with Gasteiger partial charge in [0.1, 0.15) is 0 Å². The van der Waals surface area contributed by atoms with Crippen molar-refractivity contribution < 1.29 is 4.79 Å². The van der Waals surface area contributed by atoms with Gasteiger partial charge in [-0.3, -0.25) is 4.79 Å². The number of carbonyl (C=O) groups is 1. The number of rotatable bonds is 3. The fraction of sp³-hybridized carbons (Fsp3) is 0.769. The van der Waals surface area contributed by atoms with Crippen LogP contribution in [0.3, 0.4) is 0 Å². The van der Waals surface area contributed by atoms with Crippen molar-refractivity contribution in [1.82, 2.24) is 4.90 Å². The molecule has 0 aromatic heterocycles. The Morgan fingerprint density at radius 2 is 1.93 bits per heavy atom. The van der Waals surface area contributed by atoms with Crippen molar-refractivity contribution in [2.24, 2.45) is 11.8 Å². The third-order valence-electron chi connectivity index (χ3n) is 3.90. The van der Waals surface area contributed by atoms with Crippen molar-refractivity contribution in [3.05, 3.63) is 11.8 Å². The summed E-state index contributed by atoms with van der Waals surface area (Å²) in [6, 6.07) is 0. The normalized spacial score (nSPS) is 24.6. The molecule has 0 unspecified atom stereocenters. The van der Waals surface area contributed by atoms with Crippen LogP contribution in [0, 0.1) is 11.8 Å². The molecule has 3 rings (SSSR count). The van der Waals surface area contributed by atoms with E-state index in [0.29, 0.717) is 17.6 Å². The monoisotopic (exact) mass is 207 g/mol. The first-order valence-electron chi connectivity index (χ1n) is 6.27. The second kappa shape index (κ2) is 4.38. The molecule has 0 aromatic carbocycles. The van der Waals surface area contributed by atoms with Crippen molar-refractivity contribution in [3.63, 3.8) is 0 Å². The highest BCUT2D eigenvalue weighted by atomic mass is 16.1. The standard InChI is InChI=1S/C13H21NO/c1-3-10(4-2)9-12-13(15)11-5-7-14(12)8-6-11/h9-11H,3-8H2,1-2H3/b12-9+. The topological polar surface area (TPSA) is 20.3 Å². The Bertz CT molecular complexity index is 270. The summed E-state index contributed by atoms with van der Waals surface area (Å²) in [5.41, 5.74) is 1.03. The van der Waals surface area contributed by atoms with E-state index in [0.717, 1.165) is 44.5 Å². The second-order valence-corrected chi connectivity index (χ2v) is 4.75. The van der Waals surface area contributed by atoms with Gasteiger partial charge in [0.05, 0.1) is 5.70 Å². The number of ketones is 1. The number of carbonyl (C=O) groups excluding carboxylic acids is 1. The maximum Gasteiger partial charge on any atom is 0.181 e. The van der Waals surface area contributed by atoms with E-state index in [1.165, 1.54) is 0 Å². The van der Waals surface area contributed by atoms with Crippen LogP contribution in [0.2, 0.25) is 0 Å². The molecule has 3 saturated heterocycles. The zero-order valence-electron chi connectivity index (χ0n) is 9.83. The molecular weight excluding hydrogens is 186 g/mol. The minimum Gasteiger partial charge on any atom is -0.369 e. The lowest BCUT2D eigenvalue weighted by Crippen LogP contribution is -2.46. The molecule has 0 radical (unpaired) electrons. The molecule has 3 heterocycles. The summed E-state index contributed by atoms with van der Waals surface area (Å²) in [7, 11) is 0. The van der Waals surface area contributed by atoms with E-state index in [1.54, 1.807) is 0 Å². The van der Waals surface area contributed by atoms with Gasteiger partial charge in [-0.15, -0.1) is 0 Å². The zero-order valence-corrected chi connectivity index (χ0v) is 9.83. The fourth-order valence-corrected chi connectivity index (χ4v) is 2.68. The first-order chi connectivity index (χ1) is 7.26. The molecule has 15 heavy (non-hydrogen) atoms.